The van der Waals surface area contributed by atoms with Gasteiger partial charge >= 0.3 is 0 Å². The minimum Gasteiger partial charge on any atom is -0.299 e. The molecular weight excluding hydrogens is 220 g/mol. The van der Waals surface area contributed by atoms with Gasteiger partial charge in [0.05, 0.1) is 12.8 Å². The summed E-state index contributed by atoms with van der Waals surface area (Å²) in [5, 5.41) is 0. The third-order valence-corrected chi connectivity index (χ3v) is 2.82. The van der Waals surface area contributed by atoms with Gasteiger partial charge in [0.2, 0.25) is 0 Å². The first-order chi connectivity index (χ1) is 7.78. The molecule has 2 aliphatic rings. The van der Waals surface area contributed by atoms with Crippen LogP contribution in [0.3, 0.4) is 0 Å². The summed E-state index contributed by atoms with van der Waals surface area (Å²) in [7, 11) is 0. The molecule has 2 aliphatic carbocycles. The van der Waals surface area contributed by atoms with Crippen LogP contribution in [0, 0.1) is 5.41 Å². The van der Waals surface area contributed by atoms with Crippen molar-refractivity contribution in [1.29, 1.82) is 0 Å². The van der Waals surface area contributed by atoms with E-state index in [1.807, 2.05) is 13.8 Å². The van der Waals surface area contributed by atoms with Crippen molar-refractivity contribution in [1.82, 2.24) is 0 Å². The van der Waals surface area contributed by atoms with E-state index in [0.717, 1.165) is 0 Å². The summed E-state index contributed by atoms with van der Waals surface area (Å²) >= 11 is 0. The highest BCUT2D eigenvalue weighted by molar-refractivity contribution is 6.05. The summed E-state index contributed by atoms with van der Waals surface area (Å²) in [4.78, 5) is 42.2. The standard InChI is InChI=1S/C8H12O2.C5H6O2/c1-8(2)4-6(9)3-7(10)5-8;6-4-1-2-5(7)3-4/h3-5H2,1-2H3;1-3H2. The van der Waals surface area contributed by atoms with Gasteiger partial charge in [-0.05, 0) is 5.41 Å². The first kappa shape index (κ1) is 13.7. The molecule has 0 N–H and O–H groups in total. The number of hydrogen-bond acceptors (Lipinski definition) is 4. The fraction of sp³-hybridized carbons (Fsp3) is 0.692. The van der Waals surface area contributed by atoms with Crippen molar-refractivity contribution in [2.75, 3.05) is 0 Å². The van der Waals surface area contributed by atoms with Crippen molar-refractivity contribution < 1.29 is 19.2 Å². The Bertz CT molecular complexity index is 334. The van der Waals surface area contributed by atoms with Gasteiger partial charge in [-0.25, -0.2) is 0 Å². The number of Topliss-reactive ketones (excluding diaryl/α,β-unsaturated/α-hetero) is 4. The van der Waals surface area contributed by atoms with Gasteiger partial charge in [-0.1, -0.05) is 13.8 Å². The van der Waals surface area contributed by atoms with E-state index in [2.05, 4.69) is 0 Å². The number of rotatable bonds is 0. The summed E-state index contributed by atoms with van der Waals surface area (Å²) in [5.74, 6) is 0.400. The van der Waals surface area contributed by atoms with Gasteiger partial charge in [0, 0.05) is 25.7 Å². The maximum Gasteiger partial charge on any atom is 0.140 e. The first-order valence-electron chi connectivity index (χ1n) is 5.85. The normalized spacial score (nSPS) is 23.4. The van der Waals surface area contributed by atoms with Crippen LogP contribution in [0.5, 0.6) is 0 Å². The molecule has 0 spiro atoms. The molecule has 0 saturated heterocycles. The molecule has 2 fully saturated rings. The molecule has 0 amide bonds. The molecule has 0 aromatic carbocycles. The maximum absolute atomic E-state index is 10.9. The van der Waals surface area contributed by atoms with Crippen LogP contribution >= 0.6 is 0 Å². The minimum atomic E-state index is -0.0770. The summed E-state index contributed by atoms with van der Waals surface area (Å²) < 4.78 is 0. The molecule has 0 atom stereocenters. The van der Waals surface area contributed by atoms with E-state index in [1.54, 1.807) is 0 Å². The lowest BCUT2D eigenvalue weighted by atomic mass is 9.76. The molecule has 4 nitrogen and oxygen atoms in total. The maximum atomic E-state index is 10.9. The molecule has 0 bridgehead atoms. The summed E-state index contributed by atoms with van der Waals surface area (Å²) in [5.41, 5.74) is -0.0770. The molecule has 0 aromatic heterocycles. The topological polar surface area (TPSA) is 68.3 Å². The van der Waals surface area contributed by atoms with Crippen LogP contribution < -0.4 is 0 Å². The van der Waals surface area contributed by atoms with Gasteiger partial charge in [0.1, 0.15) is 23.1 Å². The second-order valence-electron chi connectivity index (χ2n) is 5.53. The van der Waals surface area contributed by atoms with Crippen molar-refractivity contribution in [2.24, 2.45) is 5.41 Å². The second kappa shape index (κ2) is 5.34. The van der Waals surface area contributed by atoms with Crippen LogP contribution in [0.4, 0.5) is 0 Å². The Morgan fingerprint density at radius 1 is 0.706 bits per heavy atom. The SMILES string of the molecule is CC1(C)CC(=O)CC(=O)C1.O=C1CCC(=O)C1. The van der Waals surface area contributed by atoms with E-state index >= 15 is 0 Å². The lowest BCUT2D eigenvalue weighted by Crippen LogP contribution is -2.28. The highest BCUT2D eigenvalue weighted by Gasteiger charge is 2.31. The zero-order valence-electron chi connectivity index (χ0n) is 10.4. The number of hydrogen-bond donors (Lipinski definition) is 0. The molecule has 94 valence electrons. The van der Waals surface area contributed by atoms with Gasteiger partial charge < -0.3 is 0 Å². The van der Waals surface area contributed by atoms with E-state index in [9.17, 15) is 19.2 Å². The number of carbonyl (C=O) groups is 4. The van der Waals surface area contributed by atoms with Gasteiger partial charge in [-0.2, -0.15) is 0 Å². The van der Waals surface area contributed by atoms with E-state index in [4.69, 9.17) is 0 Å². The van der Waals surface area contributed by atoms with Crippen LogP contribution in [-0.4, -0.2) is 23.1 Å². The first-order valence-corrected chi connectivity index (χ1v) is 5.85. The lowest BCUT2D eigenvalue weighted by Gasteiger charge is -2.26. The van der Waals surface area contributed by atoms with Crippen LogP contribution in [-0.2, 0) is 19.2 Å². The van der Waals surface area contributed by atoms with Gasteiger partial charge in [0.15, 0.2) is 0 Å². The fourth-order valence-electron chi connectivity index (χ4n) is 2.15. The molecule has 0 radical (unpaired) electrons. The third kappa shape index (κ3) is 5.02. The fourth-order valence-corrected chi connectivity index (χ4v) is 2.15. The molecule has 0 aromatic rings. The Morgan fingerprint density at radius 3 is 1.29 bits per heavy atom. The van der Waals surface area contributed by atoms with Crippen LogP contribution in [0.2, 0.25) is 0 Å². The van der Waals surface area contributed by atoms with Crippen molar-refractivity contribution in [3.05, 3.63) is 0 Å². The zero-order valence-corrected chi connectivity index (χ0v) is 10.4. The molecule has 4 heteroatoms. The van der Waals surface area contributed by atoms with E-state index in [1.165, 1.54) is 0 Å². The van der Waals surface area contributed by atoms with Gasteiger partial charge in [-0.3, -0.25) is 19.2 Å². The summed E-state index contributed by atoms with van der Waals surface area (Å²) in [6.45, 7) is 3.92. The Kier molecular flexibility index (Phi) is 4.32. The molecule has 0 aliphatic heterocycles. The predicted molar refractivity (Wildman–Crippen MR) is 61.5 cm³/mol. The van der Waals surface area contributed by atoms with E-state index < -0.39 is 0 Å². The van der Waals surface area contributed by atoms with Gasteiger partial charge in [0.25, 0.3) is 0 Å². The Hall–Kier alpha value is -1.32. The predicted octanol–water partition coefficient (Wildman–Crippen LogP) is 1.64. The molecular formula is C13H18O4. The van der Waals surface area contributed by atoms with Crippen LogP contribution in [0.25, 0.3) is 0 Å². The van der Waals surface area contributed by atoms with E-state index in [0.29, 0.717) is 25.7 Å². The van der Waals surface area contributed by atoms with Crippen molar-refractivity contribution in [3.63, 3.8) is 0 Å². The quantitative estimate of drug-likeness (QED) is 0.602. The summed E-state index contributed by atoms with van der Waals surface area (Å²) in [6, 6.07) is 0. The Labute approximate surface area is 101 Å². The zero-order chi connectivity index (χ0) is 13.1. The monoisotopic (exact) mass is 238 g/mol. The highest BCUT2D eigenvalue weighted by Crippen LogP contribution is 2.30. The van der Waals surface area contributed by atoms with Crippen molar-refractivity contribution in [3.8, 4) is 0 Å². The average Bonchev–Trinajstić information content (AvgIpc) is 2.45. The van der Waals surface area contributed by atoms with Crippen molar-refractivity contribution >= 4 is 23.1 Å². The molecule has 2 saturated carbocycles. The third-order valence-electron chi connectivity index (χ3n) is 2.82. The minimum absolute atomic E-state index is 0.0770. The Morgan fingerprint density at radius 2 is 1.06 bits per heavy atom. The smallest absolute Gasteiger partial charge is 0.140 e. The molecule has 0 heterocycles. The van der Waals surface area contributed by atoms with Crippen LogP contribution in [0.1, 0.15) is 52.4 Å². The molecule has 0 unspecified atom stereocenters. The number of carbonyl (C=O) groups excluding carboxylic acids is 4. The van der Waals surface area contributed by atoms with E-state index in [-0.39, 0.29) is 41.4 Å². The second-order valence-corrected chi connectivity index (χ2v) is 5.53. The highest BCUT2D eigenvalue weighted by atomic mass is 16.2. The molecule has 17 heavy (non-hydrogen) atoms. The van der Waals surface area contributed by atoms with Crippen molar-refractivity contribution in [2.45, 2.75) is 52.4 Å². The lowest BCUT2D eigenvalue weighted by molar-refractivity contribution is -0.133. The summed E-state index contributed by atoms with van der Waals surface area (Å²) in [6.07, 6.45) is 2.47. The average molecular weight is 238 g/mol. The van der Waals surface area contributed by atoms with Crippen LogP contribution in [0.15, 0.2) is 0 Å². The largest absolute Gasteiger partial charge is 0.299 e. The Balaban J connectivity index is 0.000000181. The molecule has 2 rings (SSSR count). The number of ketones is 4. The van der Waals surface area contributed by atoms with Gasteiger partial charge in [-0.15, -0.1) is 0 Å².